The molecule has 25 heavy (non-hydrogen) atoms. The summed E-state index contributed by atoms with van der Waals surface area (Å²) in [4.78, 5) is 24.9. The zero-order chi connectivity index (χ0) is 18.1. The van der Waals surface area contributed by atoms with Gasteiger partial charge in [0.15, 0.2) is 11.4 Å². The van der Waals surface area contributed by atoms with Crippen molar-refractivity contribution in [3.8, 4) is 0 Å². The number of rotatable bonds is 4. The summed E-state index contributed by atoms with van der Waals surface area (Å²) >= 11 is 0. The molecular formula is C18H23N5O2. The van der Waals surface area contributed by atoms with Crippen LogP contribution >= 0.6 is 0 Å². The average Bonchev–Trinajstić information content (AvgIpc) is 3.00. The van der Waals surface area contributed by atoms with E-state index in [1.54, 1.807) is 0 Å². The third-order valence-corrected chi connectivity index (χ3v) is 4.60. The van der Waals surface area contributed by atoms with Crippen LogP contribution in [-0.2, 0) is 13.1 Å². The number of nitrogens with one attached hydrogen (secondary N) is 2. The van der Waals surface area contributed by atoms with Crippen molar-refractivity contribution in [3.05, 3.63) is 46.3 Å². The lowest BCUT2D eigenvalue weighted by Crippen LogP contribution is -2.48. The van der Waals surface area contributed by atoms with Gasteiger partial charge in [-0.05, 0) is 30.9 Å². The number of aryl methyl sites for hydroxylation is 2. The minimum absolute atomic E-state index is 0.00689. The highest BCUT2D eigenvalue weighted by Gasteiger charge is 2.32. The minimum Gasteiger partial charge on any atom is -0.346 e. The number of fused-ring (bicyclic) bond motifs is 1. The number of hydrogen-bond donors (Lipinski definition) is 2. The Morgan fingerprint density at radius 2 is 2.16 bits per heavy atom. The highest BCUT2D eigenvalue weighted by atomic mass is 16.2. The molecule has 2 N–H and O–H groups in total. The van der Waals surface area contributed by atoms with Crippen molar-refractivity contribution in [2.75, 3.05) is 0 Å². The second kappa shape index (κ2) is 6.66. The molecule has 1 atom stereocenters. The van der Waals surface area contributed by atoms with Gasteiger partial charge in [-0.3, -0.25) is 9.59 Å². The van der Waals surface area contributed by atoms with E-state index in [0.717, 1.165) is 16.7 Å². The molecule has 1 aliphatic heterocycles. The van der Waals surface area contributed by atoms with Crippen molar-refractivity contribution >= 4 is 11.8 Å². The van der Waals surface area contributed by atoms with Crippen molar-refractivity contribution in [1.29, 1.82) is 0 Å². The fourth-order valence-corrected chi connectivity index (χ4v) is 2.91. The average molecular weight is 341 g/mol. The first-order valence-corrected chi connectivity index (χ1v) is 8.45. The van der Waals surface area contributed by atoms with Gasteiger partial charge in [0.25, 0.3) is 11.8 Å². The van der Waals surface area contributed by atoms with Gasteiger partial charge in [0.2, 0.25) is 0 Å². The summed E-state index contributed by atoms with van der Waals surface area (Å²) in [6, 6.07) is 6.09. The van der Waals surface area contributed by atoms with Crippen LogP contribution in [0.3, 0.4) is 0 Å². The van der Waals surface area contributed by atoms with Crippen LogP contribution < -0.4 is 10.6 Å². The topological polar surface area (TPSA) is 88.9 Å². The summed E-state index contributed by atoms with van der Waals surface area (Å²) in [5.74, 6) is -0.407. The maximum Gasteiger partial charge on any atom is 0.274 e. The summed E-state index contributed by atoms with van der Waals surface area (Å²) in [6.07, 6.45) is 0. The van der Waals surface area contributed by atoms with Crippen molar-refractivity contribution < 1.29 is 9.59 Å². The summed E-state index contributed by atoms with van der Waals surface area (Å²) in [7, 11) is 0. The van der Waals surface area contributed by atoms with E-state index < -0.39 is 0 Å². The highest BCUT2D eigenvalue weighted by Crippen LogP contribution is 2.16. The first-order valence-electron chi connectivity index (χ1n) is 8.45. The van der Waals surface area contributed by atoms with Gasteiger partial charge >= 0.3 is 0 Å². The molecule has 0 saturated carbocycles. The monoisotopic (exact) mass is 341 g/mol. The zero-order valence-corrected chi connectivity index (χ0v) is 15.0. The third-order valence-electron chi connectivity index (χ3n) is 4.60. The van der Waals surface area contributed by atoms with Gasteiger partial charge in [0.1, 0.15) is 0 Å². The number of aromatic nitrogens is 3. The minimum atomic E-state index is -0.389. The van der Waals surface area contributed by atoms with Crippen LogP contribution in [0.5, 0.6) is 0 Å². The van der Waals surface area contributed by atoms with Crippen molar-refractivity contribution in [2.24, 2.45) is 5.92 Å². The molecular weight excluding hydrogens is 318 g/mol. The van der Waals surface area contributed by atoms with Crippen molar-refractivity contribution in [3.63, 3.8) is 0 Å². The lowest BCUT2D eigenvalue weighted by molar-refractivity contribution is 0.0861. The second-order valence-corrected chi connectivity index (χ2v) is 6.91. The van der Waals surface area contributed by atoms with E-state index in [9.17, 15) is 9.59 Å². The molecule has 1 aromatic carbocycles. The van der Waals surface area contributed by atoms with Crippen molar-refractivity contribution in [2.45, 2.75) is 46.8 Å². The summed E-state index contributed by atoms with van der Waals surface area (Å²) in [6.45, 7) is 8.98. The molecule has 3 rings (SSSR count). The number of nitrogens with zero attached hydrogens (tertiary/aromatic N) is 3. The molecule has 0 aliphatic carbocycles. The first-order chi connectivity index (χ1) is 11.9. The van der Waals surface area contributed by atoms with Gasteiger partial charge in [-0.25, -0.2) is 4.68 Å². The predicted molar refractivity (Wildman–Crippen MR) is 93.2 cm³/mol. The molecule has 0 radical (unpaired) electrons. The van der Waals surface area contributed by atoms with E-state index in [1.807, 2.05) is 45.9 Å². The SMILES string of the molecule is Cc1ccc(C)c(CNC(=O)c2nnn3c2C(=O)N[C@@H](C(C)C)C3)c1. The van der Waals surface area contributed by atoms with E-state index in [1.165, 1.54) is 4.68 Å². The molecule has 132 valence electrons. The predicted octanol–water partition coefficient (Wildman–Crippen LogP) is 1.59. The van der Waals surface area contributed by atoms with E-state index >= 15 is 0 Å². The summed E-state index contributed by atoms with van der Waals surface area (Å²) in [5, 5.41) is 13.7. The van der Waals surface area contributed by atoms with E-state index in [4.69, 9.17) is 0 Å². The molecule has 1 aromatic heterocycles. The Morgan fingerprint density at radius 1 is 1.40 bits per heavy atom. The van der Waals surface area contributed by atoms with Crippen LogP contribution in [-0.4, -0.2) is 32.9 Å². The fourth-order valence-electron chi connectivity index (χ4n) is 2.91. The number of carbonyl (C=O) groups is 2. The number of hydrogen-bond acceptors (Lipinski definition) is 4. The quantitative estimate of drug-likeness (QED) is 0.884. The molecule has 2 amide bonds. The molecule has 7 nitrogen and oxygen atoms in total. The fraction of sp³-hybridized carbons (Fsp3) is 0.444. The zero-order valence-electron chi connectivity index (χ0n) is 15.0. The molecule has 0 bridgehead atoms. The number of amides is 2. The number of benzene rings is 1. The first kappa shape index (κ1) is 17.1. The smallest absolute Gasteiger partial charge is 0.274 e. The van der Waals surface area contributed by atoms with E-state index in [-0.39, 0.29) is 35.2 Å². The normalized spacial score (nSPS) is 16.5. The standard InChI is InChI=1S/C18H23N5O2/c1-10(2)14-9-23-16(18(25)20-14)15(21-22-23)17(24)19-8-13-7-11(3)5-6-12(13)4/h5-7,10,14H,8-9H2,1-4H3,(H,19,24)(H,20,25)/t14-/m1/s1. The number of carbonyl (C=O) groups excluding carboxylic acids is 2. The van der Waals surface area contributed by atoms with Gasteiger partial charge in [-0.1, -0.05) is 42.8 Å². The molecule has 0 fully saturated rings. The summed E-state index contributed by atoms with van der Waals surface area (Å²) in [5.41, 5.74) is 3.59. The van der Waals surface area contributed by atoms with Gasteiger partial charge in [0, 0.05) is 6.54 Å². The maximum atomic E-state index is 12.5. The largest absolute Gasteiger partial charge is 0.346 e. The van der Waals surface area contributed by atoms with Crippen molar-refractivity contribution in [1.82, 2.24) is 25.6 Å². The Kier molecular flexibility index (Phi) is 4.57. The van der Waals surface area contributed by atoms with Gasteiger partial charge in [-0.2, -0.15) is 0 Å². The summed E-state index contributed by atoms with van der Waals surface area (Å²) < 4.78 is 1.52. The van der Waals surface area contributed by atoms with E-state index in [0.29, 0.717) is 13.1 Å². The highest BCUT2D eigenvalue weighted by molar-refractivity contribution is 6.05. The molecule has 2 heterocycles. The van der Waals surface area contributed by atoms with Gasteiger partial charge in [-0.15, -0.1) is 5.10 Å². The Balaban J connectivity index is 1.76. The Hall–Kier alpha value is -2.70. The molecule has 0 spiro atoms. The molecule has 0 saturated heterocycles. The Labute approximate surface area is 146 Å². The molecule has 1 aliphatic rings. The van der Waals surface area contributed by atoms with E-state index in [2.05, 4.69) is 20.9 Å². The van der Waals surface area contributed by atoms with Crippen LogP contribution in [0.4, 0.5) is 0 Å². The maximum absolute atomic E-state index is 12.5. The Bertz CT molecular complexity index is 825. The lowest BCUT2D eigenvalue weighted by Gasteiger charge is -2.27. The second-order valence-electron chi connectivity index (χ2n) is 6.91. The van der Waals surface area contributed by atoms with Crippen LogP contribution in [0.1, 0.15) is 51.5 Å². The lowest BCUT2D eigenvalue weighted by atomic mass is 10.0. The van der Waals surface area contributed by atoms with Gasteiger partial charge in [0.05, 0.1) is 12.6 Å². The molecule has 2 aromatic rings. The third kappa shape index (κ3) is 3.40. The Morgan fingerprint density at radius 3 is 2.88 bits per heavy atom. The van der Waals surface area contributed by atoms with Gasteiger partial charge < -0.3 is 10.6 Å². The van der Waals surface area contributed by atoms with Crippen LogP contribution in [0.15, 0.2) is 18.2 Å². The van der Waals surface area contributed by atoms with Crippen LogP contribution in [0.2, 0.25) is 0 Å². The van der Waals surface area contributed by atoms with Crippen LogP contribution in [0.25, 0.3) is 0 Å². The molecule has 7 heteroatoms. The molecule has 0 unspecified atom stereocenters. The van der Waals surface area contributed by atoms with Crippen LogP contribution in [0, 0.1) is 19.8 Å².